The van der Waals surface area contributed by atoms with Gasteiger partial charge in [0, 0.05) is 19.0 Å². The van der Waals surface area contributed by atoms with Gasteiger partial charge in [-0.1, -0.05) is 12.8 Å². The lowest BCUT2D eigenvalue weighted by Gasteiger charge is -2.24. The number of nitrogens with one attached hydrogen (secondary N) is 1. The molecule has 3 N–H and O–H groups in total. The van der Waals surface area contributed by atoms with Crippen LogP contribution in [0, 0.1) is 0 Å². The fraction of sp³-hybridized carbons (Fsp3) is 0.500. The standard InChI is InChI=1S/C16H23N3O3.ClH/c1-22-12-7-8-13(17)14(10-12)18-15(20)11-19-9-5-3-2-4-6-16(19)21;/h7-8,10H,2-6,9,11,17H2,1H3,(H,18,20);1H. The number of halogens is 1. The average Bonchev–Trinajstić information content (AvgIpc) is 2.49. The fourth-order valence-electron chi connectivity index (χ4n) is 2.52. The first kappa shape index (κ1) is 19.1. The molecule has 0 spiro atoms. The number of methoxy groups -OCH3 is 1. The molecule has 0 aromatic heterocycles. The molecule has 1 aliphatic heterocycles. The molecule has 0 aliphatic carbocycles. The van der Waals surface area contributed by atoms with E-state index in [2.05, 4.69) is 5.32 Å². The Balaban J connectivity index is 0.00000264. The minimum atomic E-state index is -0.242. The van der Waals surface area contributed by atoms with Crippen molar-refractivity contribution in [2.45, 2.75) is 32.1 Å². The van der Waals surface area contributed by atoms with Crippen LogP contribution in [0.5, 0.6) is 5.75 Å². The predicted molar refractivity (Wildman–Crippen MR) is 92.9 cm³/mol. The highest BCUT2D eigenvalue weighted by molar-refractivity contribution is 5.97. The molecular weight excluding hydrogens is 318 g/mol. The molecule has 1 aromatic carbocycles. The van der Waals surface area contributed by atoms with Crippen molar-refractivity contribution in [3.8, 4) is 5.75 Å². The number of carbonyl (C=O) groups is 2. The molecule has 1 fully saturated rings. The Morgan fingerprint density at radius 1 is 1.30 bits per heavy atom. The van der Waals surface area contributed by atoms with E-state index in [9.17, 15) is 9.59 Å². The van der Waals surface area contributed by atoms with Crippen molar-refractivity contribution in [3.63, 3.8) is 0 Å². The Morgan fingerprint density at radius 3 is 2.78 bits per heavy atom. The smallest absolute Gasteiger partial charge is 0.244 e. The summed E-state index contributed by atoms with van der Waals surface area (Å²) in [5, 5.41) is 2.75. The maximum Gasteiger partial charge on any atom is 0.244 e. The SMILES string of the molecule is COc1ccc(N)c(NC(=O)CN2CCCCCCC2=O)c1.Cl. The molecule has 6 nitrogen and oxygen atoms in total. The molecule has 1 saturated heterocycles. The Morgan fingerprint density at radius 2 is 2.04 bits per heavy atom. The fourth-order valence-corrected chi connectivity index (χ4v) is 2.52. The van der Waals surface area contributed by atoms with Gasteiger partial charge in [0.05, 0.1) is 25.0 Å². The molecule has 0 saturated carbocycles. The topological polar surface area (TPSA) is 84.7 Å². The summed E-state index contributed by atoms with van der Waals surface area (Å²) in [4.78, 5) is 25.8. The minimum Gasteiger partial charge on any atom is -0.497 e. The summed E-state index contributed by atoms with van der Waals surface area (Å²) in [6.45, 7) is 0.704. The number of nitrogens with two attached hydrogens (primary N) is 1. The van der Waals surface area contributed by atoms with E-state index in [-0.39, 0.29) is 30.8 Å². The predicted octanol–water partition coefficient (Wildman–Crippen LogP) is 2.43. The van der Waals surface area contributed by atoms with E-state index in [0.29, 0.717) is 30.1 Å². The maximum absolute atomic E-state index is 12.2. The Hall–Kier alpha value is -1.95. The van der Waals surface area contributed by atoms with E-state index in [1.54, 1.807) is 30.2 Å². The first-order chi connectivity index (χ1) is 10.6. The number of ether oxygens (including phenoxy) is 1. The molecule has 0 atom stereocenters. The quantitative estimate of drug-likeness (QED) is 0.824. The van der Waals surface area contributed by atoms with E-state index in [1.165, 1.54) is 0 Å². The summed E-state index contributed by atoms with van der Waals surface area (Å²) in [6, 6.07) is 5.07. The molecule has 2 rings (SSSR count). The molecular formula is C16H24ClN3O3. The van der Waals surface area contributed by atoms with Crippen LogP contribution in [0.1, 0.15) is 32.1 Å². The highest BCUT2D eigenvalue weighted by Crippen LogP contribution is 2.24. The number of amides is 2. The highest BCUT2D eigenvalue weighted by Gasteiger charge is 2.18. The summed E-state index contributed by atoms with van der Waals surface area (Å²) >= 11 is 0. The summed E-state index contributed by atoms with van der Waals surface area (Å²) in [5.74, 6) is 0.425. The average molecular weight is 342 g/mol. The van der Waals surface area contributed by atoms with Gasteiger partial charge in [-0.05, 0) is 25.0 Å². The van der Waals surface area contributed by atoms with E-state index in [4.69, 9.17) is 10.5 Å². The number of likely N-dealkylation sites (tertiary alicyclic amines) is 1. The zero-order valence-electron chi connectivity index (χ0n) is 13.3. The third-order valence-electron chi connectivity index (χ3n) is 3.79. The lowest BCUT2D eigenvalue weighted by molar-refractivity contribution is -0.135. The van der Waals surface area contributed by atoms with Gasteiger partial charge in [-0.15, -0.1) is 12.4 Å². The highest BCUT2D eigenvalue weighted by atomic mass is 35.5. The second-order valence-electron chi connectivity index (χ2n) is 5.48. The maximum atomic E-state index is 12.2. The van der Waals surface area contributed by atoms with Crippen LogP contribution in [-0.2, 0) is 9.59 Å². The van der Waals surface area contributed by atoms with Crippen LogP contribution in [0.25, 0.3) is 0 Å². The van der Waals surface area contributed by atoms with Gasteiger partial charge in [0.2, 0.25) is 11.8 Å². The zero-order valence-corrected chi connectivity index (χ0v) is 14.2. The van der Waals surface area contributed by atoms with Gasteiger partial charge in [0.1, 0.15) is 5.75 Å². The number of rotatable bonds is 4. The number of benzene rings is 1. The van der Waals surface area contributed by atoms with Gasteiger partial charge in [0.15, 0.2) is 0 Å². The van der Waals surface area contributed by atoms with Crippen molar-refractivity contribution in [1.82, 2.24) is 4.90 Å². The van der Waals surface area contributed by atoms with E-state index >= 15 is 0 Å². The largest absolute Gasteiger partial charge is 0.497 e. The van der Waals surface area contributed by atoms with Gasteiger partial charge < -0.3 is 20.7 Å². The molecule has 7 heteroatoms. The van der Waals surface area contributed by atoms with E-state index < -0.39 is 0 Å². The molecule has 0 unspecified atom stereocenters. The summed E-state index contributed by atoms with van der Waals surface area (Å²) in [5.41, 5.74) is 6.82. The third kappa shape index (κ3) is 5.63. The number of nitrogens with zero attached hydrogens (tertiary/aromatic N) is 1. The van der Waals surface area contributed by atoms with Gasteiger partial charge in [0.25, 0.3) is 0 Å². The number of hydrogen-bond acceptors (Lipinski definition) is 4. The number of hydrogen-bond donors (Lipinski definition) is 2. The molecule has 1 aromatic rings. The lowest BCUT2D eigenvalue weighted by Crippen LogP contribution is -2.39. The van der Waals surface area contributed by atoms with Crippen LogP contribution in [0.4, 0.5) is 11.4 Å². The van der Waals surface area contributed by atoms with Crippen LogP contribution in [0.3, 0.4) is 0 Å². The van der Waals surface area contributed by atoms with Crippen molar-refractivity contribution in [1.29, 1.82) is 0 Å². The van der Waals surface area contributed by atoms with Crippen LogP contribution in [0.15, 0.2) is 18.2 Å². The molecule has 128 valence electrons. The van der Waals surface area contributed by atoms with E-state index in [0.717, 1.165) is 25.7 Å². The second-order valence-corrected chi connectivity index (χ2v) is 5.48. The van der Waals surface area contributed by atoms with Crippen LogP contribution in [-0.4, -0.2) is 36.9 Å². The van der Waals surface area contributed by atoms with Crippen molar-refractivity contribution in [3.05, 3.63) is 18.2 Å². The monoisotopic (exact) mass is 341 g/mol. The minimum absolute atomic E-state index is 0. The summed E-state index contributed by atoms with van der Waals surface area (Å²) in [6.07, 6.45) is 4.56. The molecule has 1 aliphatic rings. The van der Waals surface area contributed by atoms with Gasteiger partial charge >= 0.3 is 0 Å². The van der Waals surface area contributed by atoms with Gasteiger partial charge in [-0.2, -0.15) is 0 Å². The second kappa shape index (κ2) is 9.25. The van der Waals surface area contributed by atoms with Gasteiger partial charge in [-0.3, -0.25) is 9.59 Å². The summed E-state index contributed by atoms with van der Waals surface area (Å²) in [7, 11) is 1.55. The molecule has 0 radical (unpaired) electrons. The van der Waals surface area contributed by atoms with Crippen LogP contribution >= 0.6 is 12.4 Å². The third-order valence-corrected chi connectivity index (χ3v) is 3.79. The summed E-state index contributed by atoms with van der Waals surface area (Å²) < 4.78 is 5.12. The van der Waals surface area contributed by atoms with Crippen molar-refractivity contribution < 1.29 is 14.3 Å². The number of anilines is 2. The van der Waals surface area contributed by atoms with Crippen LogP contribution in [0.2, 0.25) is 0 Å². The molecule has 1 heterocycles. The van der Waals surface area contributed by atoms with Crippen molar-refractivity contribution >= 4 is 35.6 Å². The van der Waals surface area contributed by atoms with Crippen molar-refractivity contribution in [2.24, 2.45) is 0 Å². The van der Waals surface area contributed by atoms with Crippen LogP contribution < -0.4 is 15.8 Å². The Kier molecular flexibility index (Phi) is 7.68. The molecule has 2 amide bonds. The molecule has 23 heavy (non-hydrogen) atoms. The van der Waals surface area contributed by atoms with Crippen molar-refractivity contribution in [2.75, 3.05) is 31.2 Å². The Labute approximate surface area is 142 Å². The van der Waals surface area contributed by atoms with E-state index in [1.807, 2.05) is 0 Å². The number of carbonyl (C=O) groups excluding carboxylic acids is 2. The first-order valence-corrected chi connectivity index (χ1v) is 7.61. The zero-order chi connectivity index (χ0) is 15.9. The lowest BCUT2D eigenvalue weighted by atomic mass is 10.1. The first-order valence-electron chi connectivity index (χ1n) is 7.61. The molecule has 0 bridgehead atoms. The Bertz CT molecular complexity index is 551. The normalized spacial score (nSPS) is 15.2. The van der Waals surface area contributed by atoms with Gasteiger partial charge in [-0.25, -0.2) is 0 Å². The number of nitrogen functional groups attached to an aromatic ring is 1.